The highest BCUT2D eigenvalue weighted by atomic mass is 19.1. The number of anilines is 2. The number of nitro groups is 1. The highest BCUT2D eigenvalue weighted by molar-refractivity contribution is 5.92. The van der Waals surface area contributed by atoms with Crippen molar-refractivity contribution in [2.45, 2.75) is 0 Å². The minimum atomic E-state index is -0.947. The summed E-state index contributed by atoms with van der Waals surface area (Å²) in [6.07, 6.45) is 0. The number of benzene rings is 4. The van der Waals surface area contributed by atoms with Crippen LogP contribution in [0.3, 0.4) is 0 Å². The maximum atomic E-state index is 14.2. The fraction of sp³-hybridized carbons (Fsp3) is 0.0714. The number of aromatic nitrogens is 2. The van der Waals surface area contributed by atoms with Crippen molar-refractivity contribution in [3.8, 4) is 34.4 Å². The van der Waals surface area contributed by atoms with Gasteiger partial charge >= 0.3 is 0 Å². The van der Waals surface area contributed by atoms with Gasteiger partial charge in [0.05, 0.1) is 36.4 Å². The van der Waals surface area contributed by atoms with Gasteiger partial charge in [-0.05, 0) is 42.5 Å². The first-order valence-corrected chi connectivity index (χ1v) is 11.5. The Kier molecular flexibility index (Phi) is 6.87. The number of nitrogens with zero attached hydrogens (tertiary/aromatic N) is 3. The summed E-state index contributed by atoms with van der Waals surface area (Å²) in [5.41, 5.74) is 1.21. The monoisotopic (exact) mass is 530 g/mol. The molecule has 5 rings (SSSR count). The van der Waals surface area contributed by atoms with Gasteiger partial charge in [0.2, 0.25) is 0 Å². The van der Waals surface area contributed by atoms with Crippen molar-refractivity contribution in [1.29, 1.82) is 0 Å². The maximum absolute atomic E-state index is 14.2. The van der Waals surface area contributed by atoms with Gasteiger partial charge in [0.15, 0.2) is 28.9 Å². The van der Waals surface area contributed by atoms with Gasteiger partial charge in [-0.2, -0.15) is 0 Å². The maximum Gasteiger partial charge on any atom is 0.275 e. The van der Waals surface area contributed by atoms with E-state index in [9.17, 15) is 18.9 Å². The van der Waals surface area contributed by atoms with Gasteiger partial charge in [0.25, 0.3) is 5.69 Å². The molecule has 0 bridgehead atoms. The van der Waals surface area contributed by atoms with Gasteiger partial charge in [-0.25, -0.2) is 18.7 Å². The Morgan fingerprint density at radius 3 is 2.36 bits per heavy atom. The third-order valence-electron chi connectivity index (χ3n) is 5.73. The second-order valence-electron chi connectivity index (χ2n) is 8.26. The van der Waals surface area contributed by atoms with Crippen LogP contribution < -0.4 is 19.5 Å². The van der Waals surface area contributed by atoms with Crippen LogP contribution in [0.2, 0.25) is 0 Å². The van der Waals surface area contributed by atoms with E-state index in [0.29, 0.717) is 45.7 Å². The molecular weight excluding hydrogens is 510 g/mol. The van der Waals surface area contributed by atoms with E-state index in [1.54, 1.807) is 24.3 Å². The number of non-ortho nitro benzene ring substituents is 1. The molecule has 0 saturated heterocycles. The van der Waals surface area contributed by atoms with E-state index in [-0.39, 0.29) is 22.9 Å². The van der Waals surface area contributed by atoms with E-state index in [4.69, 9.17) is 14.2 Å². The molecule has 0 fully saturated rings. The van der Waals surface area contributed by atoms with Crippen molar-refractivity contribution in [2.24, 2.45) is 0 Å². The van der Waals surface area contributed by atoms with Gasteiger partial charge in [0, 0.05) is 29.1 Å². The number of hydrogen-bond donors (Lipinski definition) is 1. The smallest absolute Gasteiger partial charge is 0.275 e. The summed E-state index contributed by atoms with van der Waals surface area (Å²) in [5.74, 6) is -0.268. The molecule has 1 N–H and O–H groups in total. The van der Waals surface area contributed by atoms with Crippen molar-refractivity contribution in [1.82, 2.24) is 9.97 Å². The number of ether oxygens (including phenoxy) is 3. The number of fused-ring (bicyclic) bond motifs is 1. The Balaban J connectivity index is 1.58. The lowest BCUT2D eigenvalue weighted by atomic mass is 10.1. The lowest BCUT2D eigenvalue weighted by molar-refractivity contribution is -0.384. The second kappa shape index (κ2) is 10.6. The van der Waals surface area contributed by atoms with Crippen molar-refractivity contribution in [2.75, 3.05) is 19.5 Å². The van der Waals surface area contributed by atoms with E-state index in [1.165, 1.54) is 26.4 Å². The number of hydrogen-bond acceptors (Lipinski definition) is 8. The molecule has 0 amide bonds. The molecule has 196 valence electrons. The Morgan fingerprint density at radius 1 is 0.846 bits per heavy atom. The van der Waals surface area contributed by atoms with Crippen molar-refractivity contribution in [3.63, 3.8) is 0 Å². The third kappa shape index (κ3) is 5.37. The molecule has 1 heterocycles. The largest absolute Gasteiger partial charge is 0.493 e. The van der Waals surface area contributed by atoms with Crippen LogP contribution in [0.15, 0.2) is 78.9 Å². The molecule has 0 unspecified atom stereocenters. The fourth-order valence-corrected chi connectivity index (χ4v) is 3.92. The first-order chi connectivity index (χ1) is 18.8. The molecule has 0 aliphatic carbocycles. The summed E-state index contributed by atoms with van der Waals surface area (Å²) >= 11 is 0. The average molecular weight is 530 g/mol. The first kappa shape index (κ1) is 25.3. The van der Waals surface area contributed by atoms with E-state index in [2.05, 4.69) is 15.3 Å². The lowest BCUT2D eigenvalue weighted by Crippen LogP contribution is -2.01. The predicted octanol–water partition coefficient (Wildman–Crippen LogP) is 7.04. The van der Waals surface area contributed by atoms with Crippen LogP contribution in [0.5, 0.6) is 23.0 Å². The van der Waals surface area contributed by atoms with Gasteiger partial charge in [0.1, 0.15) is 17.4 Å². The van der Waals surface area contributed by atoms with E-state index < -0.39 is 16.6 Å². The van der Waals surface area contributed by atoms with Crippen LogP contribution in [-0.2, 0) is 0 Å². The summed E-state index contributed by atoms with van der Waals surface area (Å²) in [6, 6.07) is 19.2. The zero-order valence-corrected chi connectivity index (χ0v) is 20.6. The highest BCUT2D eigenvalue weighted by Crippen LogP contribution is 2.35. The molecule has 9 nitrogen and oxygen atoms in total. The molecular formula is C28H20F2N4O5. The number of halogens is 2. The topological polar surface area (TPSA) is 109 Å². The molecule has 39 heavy (non-hydrogen) atoms. The Labute approximate surface area is 220 Å². The standard InChI is InChI=1S/C28H20F2N4O5/c1-37-25-9-7-16(11-26(25)38-2)27-32-23-6-4-3-5-21(23)28(33-27)31-18-13-19(34(35)36)15-20(14-18)39-24-10-8-17(29)12-22(24)30/h3-15H,1-2H3,(H,31,32,33). The molecule has 0 atom stereocenters. The van der Waals surface area contributed by atoms with E-state index in [0.717, 1.165) is 18.2 Å². The molecule has 0 aliphatic heterocycles. The molecule has 11 heteroatoms. The van der Waals surface area contributed by atoms with Gasteiger partial charge in [-0.15, -0.1) is 0 Å². The summed E-state index contributed by atoms with van der Waals surface area (Å²) in [7, 11) is 3.06. The quantitative estimate of drug-likeness (QED) is 0.168. The third-order valence-corrected chi connectivity index (χ3v) is 5.73. The number of rotatable bonds is 8. The number of nitrogens with one attached hydrogen (secondary N) is 1. The summed E-state index contributed by atoms with van der Waals surface area (Å²) in [5, 5.41) is 15.4. The van der Waals surface area contributed by atoms with Crippen molar-refractivity contribution < 1.29 is 27.9 Å². The molecule has 0 spiro atoms. The minimum Gasteiger partial charge on any atom is -0.493 e. The molecule has 0 radical (unpaired) electrons. The number of methoxy groups -OCH3 is 2. The first-order valence-electron chi connectivity index (χ1n) is 11.5. The molecule has 5 aromatic rings. The van der Waals surface area contributed by atoms with E-state index in [1.807, 2.05) is 18.2 Å². The normalized spacial score (nSPS) is 10.8. The van der Waals surface area contributed by atoms with Crippen LogP contribution >= 0.6 is 0 Å². The minimum absolute atomic E-state index is 0.0318. The molecule has 0 saturated carbocycles. The lowest BCUT2D eigenvalue weighted by Gasteiger charge is -2.14. The number of para-hydroxylation sites is 1. The zero-order valence-electron chi connectivity index (χ0n) is 20.6. The second-order valence-corrected chi connectivity index (χ2v) is 8.26. The SMILES string of the molecule is COc1ccc(-c2nc(Nc3cc(Oc4ccc(F)cc4F)cc([N+](=O)[O-])c3)c3ccccc3n2)cc1OC. The average Bonchev–Trinajstić information content (AvgIpc) is 2.94. The molecule has 4 aromatic carbocycles. The van der Waals surface area contributed by atoms with Crippen LogP contribution in [0.4, 0.5) is 26.0 Å². The molecule has 0 aliphatic rings. The van der Waals surface area contributed by atoms with Crippen LogP contribution in [0.1, 0.15) is 0 Å². The van der Waals surface area contributed by atoms with Crippen LogP contribution in [0, 0.1) is 21.7 Å². The zero-order chi connectivity index (χ0) is 27.5. The van der Waals surface area contributed by atoms with Crippen LogP contribution in [0.25, 0.3) is 22.3 Å². The Morgan fingerprint density at radius 2 is 1.62 bits per heavy atom. The van der Waals surface area contributed by atoms with Crippen LogP contribution in [-0.4, -0.2) is 29.1 Å². The summed E-state index contributed by atoms with van der Waals surface area (Å²) < 4.78 is 43.7. The molecule has 1 aromatic heterocycles. The van der Waals surface area contributed by atoms with Gasteiger partial charge in [-0.1, -0.05) is 12.1 Å². The summed E-state index contributed by atoms with van der Waals surface area (Å²) in [4.78, 5) is 20.4. The summed E-state index contributed by atoms with van der Waals surface area (Å²) in [6.45, 7) is 0. The van der Waals surface area contributed by atoms with Crippen molar-refractivity contribution >= 4 is 28.1 Å². The number of nitro benzene ring substituents is 1. The van der Waals surface area contributed by atoms with Gasteiger partial charge in [-0.3, -0.25) is 10.1 Å². The Hall–Kier alpha value is -5.32. The predicted molar refractivity (Wildman–Crippen MR) is 141 cm³/mol. The Bertz CT molecular complexity index is 1710. The van der Waals surface area contributed by atoms with Crippen molar-refractivity contribution in [3.05, 3.63) is 101 Å². The van der Waals surface area contributed by atoms with E-state index >= 15 is 0 Å². The highest BCUT2D eigenvalue weighted by Gasteiger charge is 2.16. The van der Waals surface area contributed by atoms with Gasteiger partial charge < -0.3 is 19.5 Å². The fourth-order valence-electron chi connectivity index (χ4n) is 3.92.